The number of amides is 1. The number of aromatic nitrogens is 1. The second-order valence-electron chi connectivity index (χ2n) is 5.71. The van der Waals surface area contributed by atoms with Gasteiger partial charge in [0.1, 0.15) is 5.15 Å². The van der Waals surface area contributed by atoms with E-state index in [4.69, 9.17) is 16.3 Å². The Morgan fingerprint density at radius 1 is 0.893 bits per heavy atom. The minimum Gasteiger partial charge on any atom is -0.452 e. The first-order valence-corrected chi connectivity index (χ1v) is 8.70. The summed E-state index contributed by atoms with van der Waals surface area (Å²) < 4.78 is 4.97. The topological polar surface area (TPSA) is 85.4 Å². The average Bonchev–Trinajstić information content (AvgIpc) is 2.73. The van der Waals surface area contributed by atoms with Crippen molar-refractivity contribution in [1.29, 1.82) is 0 Å². The number of hydrogen-bond acceptors (Lipinski definition) is 5. The zero-order chi connectivity index (χ0) is 19.9. The third-order valence-electron chi connectivity index (χ3n) is 3.80. The van der Waals surface area contributed by atoms with Crippen LogP contribution in [0.25, 0.3) is 0 Å². The van der Waals surface area contributed by atoms with E-state index < -0.39 is 18.5 Å². The number of hydrogen-bond donors (Lipinski definition) is 1. The molecular formula is C21H15ClN2O4. The van der Waals surface area contributed by atoms with Gasteiger partial charge in [-0.3, -0.25) is 9.59 Å². The van der Waals surface area contributed by atoms with Gasteiger partial charge in [0.25, 0.3) is 5.91 Å². The van der Waals surface area contributed by atoms with Crippen LogP contribution < -0.4 is 5.32 Å². The van der Waals surface area contributed by atoms with Crippen LogP contribution in [0.1, 0.15) is 26.3 Å². The van der Waals surface area contributed by atoms with E-state index in [-0.39, 0.29) is 16.5 Å². The molecule has 0 fully saturated rings. The minimum absolute atomic E-state index is 0.00767. The summed E-state index contributed by atoms with van der Waals surface area (Å²) in [6, 6.07) is 18.3. The van der Waals surface area contributed by atoms with Gasteiger partial charge in [-0.2, -0.15) is 0 Å². The number of rotatable bonds is 6. The predicted octanol–water partition coefficient (Wildman–Crippen LogP) is 3.76. The number of halogens is 1. The summed E-state index contributed by atoms with van der Waals surface area (Å²) in [7, 11) is 0. The second-order valence-corrected chi connectivity index (χ2v) is 6.06. The number of carbonyl (C=O) groups excluding carboxylic acids is 3. The van der Waals surface area contributed by atoms with Crippen LogP contribution in [0.3, 0.4) is 0 Å². The molecule has 0 saturated heterocycles. The molecule has 0 atom stereocenters. The lowest BCUT2D eigenvalue weighted by atomic mass is 10.0. The first-order valence-electron chi connectivity index (χ1n) is 8.32. The summed E-state index contributed by atoms with van der Waals surface area (Å²) in [5.41, 5.74) is 1.24. The number of nitrogens with zero attached hydrogens (tertiary/aromatic N) is 1. The summed E-state index contributed by atoms with van der Waals surface area (Å²) in [6.45, 7) is -0.530. The van der Waals surface area contributed by atoms with Crippen LogP contribution in [0.5, 0.6) is 0 Å². The van der Waals surface area contributed by atoms with Gasteiger partial charge in [0.15, 0.2) is 12.4 Å². The van der Waals surface area contributed by atoms with Gasteiger partial charge in [-0.05, 0) is 24.3 Å². The van der Waals surface area contributed by atoms with Gasteiger partial charge < -0.3 is 10.1 Å². The van der Waals surface area contributed by atoms with Crippen LogP contribution in [0.4, 0.5) is 5.69 Å². The summed E-state index contributed by atoms with van der Waals surface area (Å²) >= 11 is 5.83. The number of ether oxygens (including phenoxy) is 1. The standard InChI is InChI=1S/C21H15ClN2O4/c22-20-16(10-6-12-23-20)21(27)28-13-18(25)24-17-11-5-4-9-15(17)19(26)14-7-2-1-3-8-14/h1-12H,13H2,(H,24,25). The maximum atomic E-state index is 12.7. The molecule has 0 aliphatic rings. The number of nitrogens with one attached hydrogen (secondary N) is 1. The highest BCUT2D eigenvalue weighted by molar-refractivity contribution is 6.32. The van der Waals surface area contributed by atoms with Gasteiger partial charge in [0.2, 0.25) is 0 Å². The van der Waals surface area contributed by atoms with Crippen molar-refractivity contribution in [1.82, 2.24) is 4.98 Å². The van der Waals surface area contributed by atoms with Crippen molar-refractivity contribution >= 4 is 34.9 Å². The summed E-state index contributed by atoms with van der Waals surface area (Å²) in [6.07, 6.45) is 1.44. The Labute approximate surface area is 166 Å². The zero-order valence-electron chi connectivity index (χ0n) is 14.6. The lowest BCUT2D eigenvalue weighted by molar-refractivity contribution is -0.119. The van der Waals surface area contributed by atoms with Crippen LogP contribution in [0.15, 0.2) is 72.9 Å². The van der Waals surface area contributed by atoms with E-state index >= 15 is 0 Å². The first kappa shape index (κ1) is 19.3. The van der Waals surface area contributed by atoms with E-state index in [0.29, 0.717) is 16.8 Å². The molecule has 1 N–H and O–H groups in total. The molecule has 2 aromatic carbocycles. The van der Waals surface area contributed by atoms with E-state index in [2.05, 4.69) is 10.3 Å². The molecule has 7 heteroatoms. The molecule has 1 heterocycles. The molecule has 0 radical (unpaired) electrons. The first-order chi connectivity index (χ1) is 13.6. The van der Waals surface area contributed by atoms with Crippen molar-refractivity contribution in [3.63, 3.8) is 0 Å². The Kier molecular flexibility index (Phi) is 6.14. The number of para-hydroxylation sites is 1. The number of anilines is 1. The largest absolute Gasteiger partial charge is 0.452 e. The summed E-state index contributed by atoms with van der Waals surface area (Å²) in [5.74, 6) is -1.57. The highest BCUT2D eigenvalue weighted by atomic mass is 35.5. The number of carbonyl (C=O) groups is 3. The maximum absolute atomic E-state index is 12.7. The monoisotopic (exact) mass is 394 g/mol. The minimum atomic E-state index is -0.762. The number of pyridine rings is 1. The quantitative estimate of drug-likeness (QED) is 0.391. The van der Waals surface area contributed by atoms with E-state index in [1.54, 1.807) is 48.5 Å². The number of ketones is 1. The highest BCUT2D eigenvalue weighted by Gasteiger charge is 2.17. The lowest BCUT2D eigenvalue weighted by Crippen LogP contribution is -2.22. The SMILES string of the molecule is O=C(COC(=O)c1cccnc1Cl)Nc1ccccc1C(=O)c1ccccc1. The molecule has 0 spiro atoms. The molecule has 3 aromatic rings. The molecular weight excluding hydrogens is 380 g/mol. The summed E-state index contributed by atoms with van der Waals surface area (Å²) in [5, 5.41) is 2.59. The van der Waals surface area contributed by atoms with Gasteiger partial charge in [0, 0.05) is 17.3 Å². The van der Waals surface area contributed by atoms with Crippen LogP contribution in [0, 0.1) is 0 Å². The van der Waals surface area contributed by atoms with Crippen molar-refractivity contribution < 1.29 is 19.1 Å². The molecule has 0 unspecified atom stereocenters. The summed E-state index contributed by atoms with van der Waals surface area (Å²) in [4.78, 5) is 40.7. The Bertz CT molecular complexity index is 1020. The van der Waals surface area contributed by atoms with Crippen LogP contribution in [-0.2, 0) is 9.53 Å². The van der Waals surface area contributed by atoms with E-state index in [0.717, 1.165) is 0 Å². The molecule has 28 heavy (non-hydrogen) atoms. The third kappa shape index (κ3) is 4.61. The molecule has 0 bridgehead atoms. The molecule has 0 aliphatic carbocycles. The molecule has 0 saturated carbocycles. The molecule has 6 nitrogen and oxygen atoms in total. The second kappa shape index (κ2) is 8.92. The Hall–Kier alpha value is -3.51. The van der Waals surface area contributed by atoms with Gasteiger partial charge in [-0.25, -0.2) is 9.78 Å². The predicted molar refractivity (Wildman–Crippen MR) is 104 cm³/mol. The number of esters is 1. The fourth-order valence-electron chi connectivity index (χ4n) is 2.47. The lowest BCUT2D eigenvalue weighted by Gasteiger charge is -2.11. The molecule has 0 aliphatic heterocycles. The van der Waals surface area contributed by atoms with Crippen LogP contribution in [-0.4, -0.2) is 29.3 Å². The Balaban J connectivity index is 1.67. The smallest absolute Gasteiger partial charge is 0.341 e. The molecule has 1 amide bonds. The van der Waals surface area contributed by atoms with E-state index in [1.807, 2.05) is 6.07 Å². The number of benzene rings is 2. The normalized spacial score (nSPS) is 10.2. The van der Waals surface area contributed by atoms with Crippen molar-refractivity contribution in [3.05, 3.63) is 94.8 Å². The van der Waals surface area contributed by atoms with Crippen molar-refractivity contribution in [3.8, 4) is 0 Å². The molecule has 140 valence electrons. The van der Waals surface area contributed by atoms with E-state index in [9.17, 15) is 14.4 Å². The Morgan fingerprint density at radius 2 is 1.57 bits per heavy atom. The fourth-order valence-corrected chi connectivity index (χ4v) is 2.67. The average molecular weight is 395 g/mol. The van der Waals surface area contributed by atoms with Crippen molar-refractivity contribution in [2.75, 3.05) is 11.9 Å². The van der Waals surface area contributed by atoms with Crippen LogP contribution in [0.2, 0.25) is 5.15 Å². The van der Waals surface area contributed by atoms with Crippen LogP contribution >= 0.6 is 11.6 Å². The van der Waals surface area contributed by atoms with Gasteiger partial charge in [0.05, 0.1) is 11.3 Å². The van der Waals surface area contributed by atoms with Crippen molar-refractivity contribution in [2.45, 2.75) is 0 Å². The molecule has 1 aromatic heterocycles. The van der Waals surface area contributed by atoms with Gasteiger partial charge >= 0.3 is 5.97 Å². The highest BCUT2D eigenvalue weighted by Crippen LogP contribution is 2.19. The maximum Gasteiger partial charge on any atom is 0.341 e. The fraction of sp³-hybridized carbons (Fsp3) is 0.0476. The third-order valence-corrected chi connectivity index (χ3v) is 4.10. The zero-order valence-corrected chi connectivity index (χ0v) is 15.3. The van der Waals surface area contributed by atoms with Gasteiger partial charge in [-0.1, -0.05) is 54.1 Å². The van der Waals surface area contributed by atoms with Crippen molar-refractivity contribution in [2.24, 2.45) is 0 Å². The molecule has 3 rings (SSSR count). The Morgan fingerprint density at radius 3 is 2.32 bits per heavy atom. The van der Waals surface area contributed by atoms with E-state index in [1.165, 1.54) is 18.3 Å². The van der Waals surface area contributed by atoms with Gasteiger partial charge in [-0.15, -0.1) is 0 Å².